The normalized spacial score (nSPS) is 23.2. The third-order valence-corrected chi connectivity index (χ3v) is 2.03. The summed E-state index contributed by atoms with van der Waals surface area (Å²) in [5.41, 5.74) is 0. The van der Waals surface area contributed by atoms with Crippen LogP contribution in [0.15, 0.2) is 24.1 Å². The van der Waals surface area contributed by atoms with Crippen molar-refractivity contribution in [3.05, 3.63) is 24.1 Å². The summed E-state index contributed by atoms with van der Waals surface area (Å²) < 4.78 is 5.36. The van der Waals surface area contributed by atoms with Crippen molar-refractivity contribution in [2.45, 2.75) is 5.79 Å². The number of thiocarbonyl (C=S) groups is 1. The van der Waals surface area contributed by atoms with E-state index in [4.69, 9.17) is 29.6 Å². The summed E-state index contributed by atoms with van der Waals surface area (Å²) in [5, 5.41) is 9.03. The first-order chi connectivity index (χ1) is 6.62. The summed E-state index contributed by atoms with van der Waals surface area (Å²) in [5.74, 6) is -0.0144. The van der Waals surface area contributed by atoms with Crippen LogP contribution in [0.2, 0.25) is 0 Å². The van der Waals surface area contributed by atoms with Crippen LogP contribution in [0.4, 0.5) is 0 Å². The van der Waals surface area contributed by atoms with E-state index in [0.717, 1.165) is 0 Å². The third-order valence-electron chi connectivity index (χ3n) is 1.83. The number of methoxy groups -OCH3 is 1. The largest absolute Gasteiger partial charge is 1.00 e. The van der Waals surface area contributed by atoms with E-state index in [-0.39, 0.29) is 33.9 Å². The Morgan fingerprint density at radius 3 is 2.80 bits per heavy atom. The molecule has 0 aromatic carbocycles. The van der Waals surface area contributed by atoms with Gasteiger partial charge in [-0.15, -0.1) is 0 Å². The Hall–Kier alpha value is 0.150. The fourth-order valence-electron chi connectivity index (χ4n) is 1.12. The molecule has 0 spiro atoms. The van der Waals surface area contributed by atoms with E-state index >= 15 is 0 Å². The Labute approximate surface area is 123 Å². The maximum absolute atomic E-state index is 5.07. The van der Waals surface area contributed by atoms with Crippen LogP contribution in [0.3, 0.4) is 0 Å². The number of allylic oxidation sites excluding steroid dienone is 2. The molecule has 1 heterocycles. The SMILES string of the molecule is CNC1(NC(=S)[S-])C=CC=C(OC)N1.[Na+]. The summed E-state index contributed by atoms with van der Waals surface area (Å²) in [4.78, 5) is 0. The van der Waals surface area contributed by atoms with Crippen LogP contribution in [-0.2, 0) is 17.4 Å². The average Bonchev–Trinajstić information content (AvgIpc) is 2.17. The molecule has 78 valence electrons. The van der Waals surface area contributed by atoms with Crippen LogP contribution in [0.25, 0.3) is 0 Å². The maximum atomic E-state index is 5.07. The molecule has 3 N–H and O–H groups in total. The van der Waals surface area contributed by atoms with Crippen LogP contribution >= 0.6 is 12.2 Å². The minimum atomic E-state index is -0.654. The first kappa shape index (κ1) is 15.2. The number of hydrogen-bond acceptors (Lipinski definition) is 5. The van der Waals surface area contributed by atoms with Crippen LogP contribution in [0, 0.1) is 0 Å². The van der Waals surface area contributed by atoms with Gasteiger partial charge in [-0.3, -0.25) is 5.32 Å². The van der Waals surface area contributed by atoms with Gasteiger partial charge in [-0.05, 0) is 19.2 Å². The molecule has 7 heteroatoms. The van der Waals surface area contributed by atoms with Gasteiger partial charge in [0.25, 0.3) is 0 Å². The van der Waals surface area contributed by atoms with E-state index in [2.05, 4.69) is 16.0 Å². The first-order valence-electron chi connectivity index (χ1n) is 4.01. The Balaban J connectivity index is 0.00000196. The summed E-state index contributed by atoms with van der Waals surface area (Å²) in [6.45, 7) is 0. The molecule has 0 aromatic heterocycles. The van der Waals surface area contributed by atoms with Gasteiger partial charge in [-0.25, -0.2) is 0 Å². The molecular weight excluding hydrogens is 241 g/mol. The molecular formula is C8H12N3NaOS2. The van der Waals surface area contributed by atoms with Crippen LogP contribution in [0.1, 0.15) is 0 Å². The van der Waals surface area contributed by atoms with Gasteiger partial charge < -0.3 is 40.2 Å². The van der Waals surface area contributed by atoms with Crippen molar-refractivity contribution in [1.82, 2.24) is 16.0 Å². The van der Waals surface area contributed by atoms with E-state index in [0.29, 0.717) is 5.88 Å². The zero-order chi connectivity index (χ0) is 10.6. The molecule has 0 radical (unpaired) electrons. The quantitative estimate of drug-likeness (QED) is 0.215. The number of hydrogen-bond donors (Lipinski definition) is 3. The predicted octanol–water partition coefficient (Wildman–Crippen LogP) is -3.07. The molecule has 1 aliphatic rings. The van der Waals surface area contributed by atoms with Gasteiger partial charge in [-0.1, -0.05) is 10.4 Å². The fourth-order valence-corrected chi connectivity index (χ4v) is 1.44. The summed E-state index contributed by atoms with van der Waals surface area (Å²) in [6, 6.07) is 0. The number of dihydropyridines is 1. The Morgan fingerprint density at radius 1 is 1.67 bits per heavy atom. The Morgan fingerprint density at radius 2 is 2.33 bits per heavy atom. The Bertz CT molecular complexity index is 296. The zero-order valence-corrected chi connectivity index (χ0v) is 12.6. The van der Waals surface area contributed by atoms with Gasteiger partial charge in [-0.2, -0.15) is 0 Å². The summed E-state index contributed by atoms with van der Waals surface area (Å²) >= 11 is 9.64. The number of nitrogens with one attached hydrogen (secondary N) is 3. The number of ether oxygens (including phenoxy) is 1. The number of rotatable bonds is 3. The number of likely N-dealkylation sites (N-methyl/N-ethyl adjacent to an activating group) is 1. The second-order valence-corrected chi connectivity index (χ2v) is 3.76. The molecule has 4 nitrogen and oxygen atoms in total. The molecule has 1 rings (SSSR count). The molecule has 0 fully saturated rings. The van der Waals surface area contributed by atoms with Gasteiger partial charge >= 0.3 is 29.6 Å². The zero-order valence-electron chi connectivity index (χ0n) is 8.96. The molecule has 0 aromatic rings. The summed E-state index contributed by atoms with van der Waals surface area (Å²) in [6.07, 6.45) is 5.53. The molecule has 0 saturated carbocycles. The van der Waals surface area contributed by atoms with E-state index in [1.54, 1.807) is 14.2 Å². The van der Waals surface area contributed by atoms with Gasteiger partial charge in [0, 0.05) is 0 Å². The molecule has 0 saturated heterocycles. The monoisotopic (exact) mass is 253 g/mol. The van der Waals surface area contributed by atoms with Crippen molar-refractivity contribution in [3.63, 3.8) is 0 Å². The minimum Gasteiger partial charge on any atom is -0.482 e. The topological polar surface area (TPSA) is 45.3 Å². The fraction of sp³-hybridized carbons (Fsp3) is 0.375. The van der Waals surface area contributed by atoms with Crippen molar-refractivity contribution in [2.24, 2.45) is 0 Å². The predicted molar refractivity (Wildman–Crippen MR) is 62.3 cm³/mol. The summed E-state index contributed by atoms with van der Waals surface area (Å²) in [7, 11) is 3.38. The average molecular weight is 253 g/mol. The minimum absolute atomic E-state index is 0. The van der Waals surface area contributed by atoms with Gasteiger partial charge in [0.1, 0.15) is 0 Å². The van der Waals surface area contributed by atoms with Crippen molar-refractivity contribution in [3.8, 4) is 0 Å². The van der Waals surface area contributed by atoms with Crippen LogP contribution in [0.5, 0.6) is 0 Å². The van der Waals surface area contributed by atoms with E-state index in [1.165, 1.54) is 0 Å². The van der Waals surface area contributed by atoms with Crippen molar-refractivity contribution in [1.29, 1.82) is 0 Å². The standard InChI is InChI=1S/C8H13N3OS2.Na/c1-9-8(11-7(13)14)5-3-4-6(10-8)12-2;/h3-5,9-10H,1-2H3,(H2,11,13,14);/q;+1/p-1. The second-order valence-electron chi connectivity index (χ2n) is 2.69. The van der Waals surface area contributed by atoms with Crippen molar-refractivity contribution in [2.75, 3.05) is 14.2 Å². The molecule has 15 heavy (non-hydrogen) atoms. The van der Waals surface area contributed by atoms with E-state index in [9.17, 15) is 0 Å². The van der Waals surface area contributed by atoms with Gasteiger partial charge in [0.05, 0.1) is 7.11 Å². The molecule has 1 unspecified atom stereocenters. The molecule has 0 bridgehead atoms. The molecule has 1 aliphatic heterocycles. The first-order valence-corrected chi connectivity index (χ1v) is 4.83. The van der Waals surface area contributed by atoms with E-state index in [1.807, 2.05) is 18.2 Å². The van der Waals surface area contributed by atoms with Crippen LogP contribution in [-0.4, -0.2) is 24.3 Å². The molecule has 1 atom stereocenters. The van der Waals surface area contributed by atoms with E-state index < -0.39 is 5.79 Å². The van der Waals surface area contributed by atoms with Crippen molar-refractivity contribution < 1.29 is 34.3 Å². The van der Waals surface area contributed by atoms with Crippen LogP contribution < -0.4 is 45.5 Å². The third kappa shape index (κ3) is 4.26. The molecule has 0 aliphatic carbocycles. The Kier molecular flexibility index (Phi) is 6.74. The van der Waals surface area contributed by atoms with Gasteiger partial charge in [0.2, 0.25) is 0 Å². The van der Waals surface area contributed by atoms with Gasteiger partial charge in [0.15, 0.2) is 11.7 Å². The molecule has 0 amide bonds. The maximum Gasteiger partial charge on any atom is 1.00 e. The van der Waals surface area contributed by atoms with Crippen molar-refractivity contribution >= 4 is 29.2 Å². The second kappa shape index (κ2) is 6.67. The smallest absolute Gasteiger partial charge is 0.482 e.